The second-order valence-electron chi connectivity index (χ2n) is 5.70. The molecule has 1 heterocycles. The van der Waals surface area contributed by atoms with Crippen molar-refractivity contribution in [1.29, 1.82) is 0 Å². The van der Waals surface area contributed by atoms with Gasteiger partial charge in [0.25, 0.3) is 5.22 Å². The van der Waals surface area contributed by atoms with Crippen LogP contribution in [0.5, 0.6) is 0 Å². The third-order valence-corrected chi connectivity index (χ3v) is 4.80. The molecule has 0 radical (unpaired) electrons. The molecule has 0 bridgehead atoms. The monoisotopic (exact) mass is 391 g/mol. The number of thioether (sulfide) groups is 1. The average Bonchev–Trinajstić information content (AvgIpc) is 3.12. The smallest absolute Gasteiger partial charge is 0.321 e. The fourth-order valence-corrected chi connectivity index (χ4v) is 3.08. The number of urea groups is 1. The largest absolute Gasteiger partial charge is 0.411 e. The van der Waals surface area contributed by atoms with Crippen molar-refractivity contribution in [1.82, 2.24) is 20.8 Å². The molecule has 9 heteroatoms. The number of benzene rings is 1. The third kappa shape index (κ3) is 5.72. The maximum atomic E-state index is 12.0. The van der Waals surface area contributed by atoms with Crippen molar-refractivity contribution in [2.24, 2.45) is 0 Å². The van der Waals surface area contributed by atoms with E-state index in [0.717, 1.165) is 36.1 Å². The molecule has 3 amide bonds. The number of anilines is 1. The van der Waals surface area contributed by atoms with E-state index in [-0.39, 0.29) is 5.22 Å². The maximum Gasteiger partial charge on any atom is 0.321 e. The first kappa shape index (κ1) is 20.8. The van der Waals surface area contributed by atoms with Crippen LogP contribution in [0.3, 0.4) is 0 Å². The molecule has 8 nitrogen and oxygen atoms in total. The molecule has 0 fully saturated rings. The minimum Gasteiger partial charge on any atom is -0.411 e. The van der Waals surface area contributed by atoms with Crippen molar-refractivity contribution < 1.29 is 14.0 Å². The number of aromatic nitrogens is 2. The topological polar surface area (TPSA) is 100 Å². The molecule has 1 unspecified atom stereocenters. The van der Waals surface area contributed by atoms with Crippen LogP contribution in [-0.2, 0) is 4.79 Å². The van der Waals surface area contributed by atoms with Gasteiger partial charge >= 0.3 is 6.03 Å². The van der Waals surface area contributed by atoms with E-state index in [9.17, 15) is 9.59 Å². The van der Waals surface area contributed by atoms with Gasteiger partial charge < -0.3 is 14.6 Å². The number of carbonyl (C=O) groups is 2. The van der Waals surface area contributed by atoms with Gasteiger partial charge in [-0.1, -0.05) is 11.8 Å². The number of amides is 3. The van der Waals surface area contributed by atoms with Crippen LogP contribution in [0.2, 0.25) is 0 Å². The molecule has 0 spiro atoms. The molecular weight excluding hydrogens is 366 g/mol. The maximum absolute atomic E-state index is 12.0. The number of nitrogens with zero attached hydrogens (tertiary/aromatic N) is 3. The molecule has 1 aromatic heterocycles. The fraction of sp³-hybridized carbons (Fsp3) is 0.444. The van der Waals surface area contributed by atoms with Crippen molar-refractivity contribution in [3.8, 4) is 11.5 Å². The highest BCUT2D eigenvalue weighted by molar-refractivity contribution is 8.00. The molecule has 27 heavy (non-hydrogen) atoms. The van der Waals surface area contributed by atoms with E-state index in [4.69, 9.17) is 4.42 Å². The van der Waals surface area contributed by atoms with E-state index in [0.29, 0.717) is 12.4 Å². The number of hydrogen-bond acceptors (Lipinski definition) is 7. The zero-order valence-electron chi connectivity index (χ0n) is 16.0. The highest BCUT2D eigenvalue weighted by atomic mass is 32.2. The normalized spacial score (nSPS) is 11.7. The summed E-state index contributed by atoms with van der Waals surface area (Å²) in [7, 11) is 0. The first-order valence-electron chi connectivity index (χ1n) is 8.92. The van der Waals surface area contributed by atoms with E-state index < -0.39 is 17.2 Å². The van der Waals surface area contributed by atoms with Crippen LogP contribution in [0.4, 0.5) is 10.5 Å². The molecule has 2 aromatic rings. The summed E-state index contributed by atoms with van der Waals surface area (Å²) < 4.78 is 5.64. The summed E-state index contributed by atoms with van der Waals surface area (Å²) in [5, 5.41) is 12.5. The summed E-state index contributed by atoms with van der Waals surface area (Å²) in [5.74, 6) is -0.0331. The first-order chi connectivity index (χ1) is 13.0. The molecule has 1 aromatic carbocycles. The van der Waals surface area contributed by atoms with E-state index in [1.54, 1.807) is 13.8 Å². The third-order valence-electron chi connectivity index (χ3n) is 3.87. The standard InChI is InChI=1S/C18H25N5O3S/c1-5-19-17(25)20-15(24)12(4)27-18-22-21-16(26-18)13-8-10-14(11-9-13)23(6-2)7-3/h8-12H,5-7H2,1-4H3,(H2,19,20,24,25). The number of rotatable bonds is 8. The number of nitrogens with one attached hydrogen (secondary N) is 2. The zero-order chi connectivity index (χ0) is 19.8. The lowest BCUT2D eigenvalue weighted by atomic mass is 10.2. The van der Waals surface area contributed by atoms with Gasteiger partial charge in [0.2, 0.25) is 11.8 Å². The zero-order valence-corrected chi connectivity index (χ0v) is 16.8. The van der Waals surface area contributed by atoms with Crippen LogP contribution < -0.4 is 15.5 Å². The van der Waals surface area contributed by atoms with Gasteiger partial charge in [-0.25, -0.2) is 4.79 Å². The first-order valence-corrected chi connectivity index (χ1v) is 9.80. The van der Waals surface area contributed by atoms with Crippen LogP contribution in [0.25, 0.3) is 11.5 Å². The Morgan fingerprint density at radius 1 is 1.15 bits per heavy atom. The summed E-state index contributed by atoms with van der Waals surface area (Å²) in [6, 6.07) is 7.38. The lowest BCUT2D eigenvalue weighted by Crippen LogP contribution is -2.42. The van der Waals surface area contributed by atoms with Crippen molar-refractivity contribution in [2.45, 2.75) is 38.2 Å². The molecule has 2 rings (SSSR count). The summed E-state index contributed by atoms with van der Waals surface area (Å²) in [6.45, 7) is 9.99. The van der Waals surface area contributed by atoms with Crippen molar-refractivity contribution >= 4 is 29.4 Å². The molecule has 146 valence electrons. The minimum absolute atomic E-state index is 0.274. The van der Waals surface area contributed by atoms with Crippen LogP contribution in [0, 0.1) is 0 Å². The molecule has 0 saturated heterocycles. The Bertz CT molecular complexity index is 759. The Balaban J connectivity index is 1.99. The van der Waals surface area contributed by atoms with Gasteiger partial charge in [0.15, 0.2) is 0 Å². The predicted molar refractivity (Wildman–Crippen MR) is 106 cm³/mol. The van der Waals surface area contributed by atoms with Gasteiger partial charge in [0, 0.05) is 30.9 Å². The molecule has 1 atom stereocenters. The van der Waals surface area contributed by atoms with Gasteiger partial charge in [-0.05, 0) is 52.0 Å². The summed E-state index contributed by atoms with van der Waals surface area (Å²) in [5.41, 5.74) is 1.94. The number of carbonyl (C=O) groups excluding carboxylic acids is 2. The lowest BCUT2D eigenvalue weighted by Gasteiger charge is -2.20. The molecule has 2 N–H and O–H groups in total. The number of imide groups is 1. The highest BCUT2D eigenvalue weighted by Gasteiger charge is 2.20. The minimum atomic E-state index is -0.550. The van der Waals surface area contributed by atoms with Gasteiger partial charge in [-0.3, -0.25) is 10.1 Å². The predicted octanol–water partition coefficient (Wildman–Crippen LogP) is 2.91. The molecule has 0 aliphatic rings. The van der Waals surface area contributed by atoms with Crippen LogP contribution in [-0.4, -0.2) is 47.0 Å². The van der Waals surface area contributed by atoms with Gasteiger partial charge in [0.1, 0.15) is 0 Å². The van der Waals surface area contributed by atoms with Crippen LogP contribution in [0.15, 0.2) is 33.9 Å². The van der Waals surface area contributed by atoms with E-state index in [2.05, 4.69) is 39.6 Å². The van der Waals surface area contributed by atoms with Gasteiger partial charge in [-0.2, -0.15) is 0 Å². The second-order valence-corrected chi connectivity index (χ2v) is 6.99. The fourth-order valence-electron chi connectivity index (χ4n) is 2.40. The van der Waals surface area contributed by atoms with Crippen LogP contribution >= 0.6 is 11.8 Å². The van der Waals surface area contributed by atoms with Gasteiger partial charge in [-0.15, -0.1) is 10.2 Å². The quantitative estimate of drug-likeness (QED) is 0.667. The molecular formula is C18H25N5O3S. The average molecular weight is 391 g/mol. The Hall–Kier alpha value is -2.55. The number of hydrogen-bond donors (Lipinski definition) is 2. The SMILES string of the molecule is CCNC(=O)NC(=O)C(C)Sc1nnc(-c2ccc(N(CC)CC)cc2)o1. The Labute approximate surface area is 163 Å². The summed E-state index contributed by atoms with van der Waals surface area (Å²) in [6.07, 6.45) is 0. The Morgan fingerprint density at radius 2 is 1.81 bits per heavy atom. The highest BCUT2D eigenvalue weighted by Crippen LogP contribution is 2.27. The van der Waals surface area contributed by atoms with Crippen LogP contribution in [0.1, 0.15) is 27.7 Å². The van der Waals surface area contributed by atoms with Crippen molar-refractivity contribution in [3.05, 3.63) is 24.3 Å². The van der Waals surface area contributed by atoms with E-state index in [1.807, 2.05) is 24.3 Å². The molecule has 0 saturated carbocycles. The Morgan fingerprint density at radius 3 is 2.41 bits per heavy atom. The van der Waals surface area contributed by atoms with E-state index >= 15 is 0 Å². The van der Waals surface area contributed by atoms with E-state index in [1.165, 1.54) is 0 Å². The van der Waals surface area contributed by atoms with Crippen molar-refractivity contribution in [2.75, 3.05) is 24.5 Å². The van der Waals surface area contributed by atoms with Crippen molar-refractivity contribution in [3.63, 3.8) is 0 Å². The van der Waals surface area contributed by atoms with Gasteiger partial charge in [0.05, 0.1) is 5.25 Å². The summed E-state index contributed by atoms with van der Waals surface area (Å²) >= 11 is 1.10. The second kappa shape index (κ2) is 9.96. The summed E-state index contributed by atoms with van der Waals surface area (Å²) in [4.78, 5) is 25.6. The Kier molecular flexibility index (Phi) is 7.66. The molecule has 0 aliphatic carbocycles. The lowest BCUT2D eigenvalue weighted by molar-refractivity contribution is -0.119. The molecule has 0 aliphatic heterocycles.